The molecule has 0 atom stereocenters. The van der Waals surface area contributed by atoms with Crippen molar-refractivity contribution in [1.82, 2.24) is 0 Å². The molecular formula is C16H11FO4. The lowest BCUT2D eigenvalue weighted by Crippen LogP contribution is -2.03. The van der Waals surface area contributed by atoms with Crippen LogP contribution in [0.3, 0.4) is 0 Å². The topological polar surface area (TPSA) is 59.7 Å². The number of hydrogen-bond donors (Lipinski definition) is 1. The summed E-state index contributed by atoms with van der Waals surface area (Å²) < 4.78 is 23.5. The van der Waals surface area contributed by atoms with Crippen LogP contribution in [0.1, 0.15) is 15.9 Å². The van der Waals surface area contributed by atoms with E-state index in [1.807, 2.05) is 0 Å². The molecular weight excluding hydrogens is 275 g/mol. The number of benzene rings is 2. The molecule has 3 aromatic rings. The monoisotopic (exact) mass is 286 g/mol. The van der Waals surface area contributed by atoms with Gasteiger partial charge < -0.3 is 14.3 Å². The Bertz CT molecular complexity index is 835. The molecule has 1 heterocycles. The second kappa shape index (κ2) is 4.94. The molecule has 0 spiro atoms. The Morgan fingerprint density at radius 1 is 1.19 bits per heavy atom. The molecule has 21 heavy (non-hydrogen) atoms. The molecule has 106 valence electrons. The number of carbonyl (C=O) groups is 1. The zero-order chi connectivity index (χ0) is 15.0. The van der Waals surface area contributed by atoms with Gasteiger partial charge >= 0.3 is 0 Å². The fourth-order valence-electron chi connectivity index (χ4n) is 2.19. The molecule has 0 aliphatic carbocycles. The molecule has 1 aromatic heterocycles. The maximum atomic E-state index is 13.2. The number of halogens is 1. The number of phenols is 1. The van der Waals surface area contributed by atoms with E-state index in [9.17, 15) is 14.3 Å². The smallest absolute Gasteiger partial charge is 0.200 e. The average molecular weight is 286 g/mol. The second-order valence-electron chi connectivity index (χ2n) is 4.50. The molecule has 0 saturated carbocycles. The number of phenolic OH excluding ortho intramolecular Hbond substituents is 1. The molecule has 2 aromatic carbocycles. The highest BCUT2D eigenvalue weighted by Gasteiger charge is 2.20. The van der Waals surface area contributed by atoms with Gasteiger partial charge in [-0.05, 0) is 30.3 Å². The Labute approximate surface area is 119 Å². The molecule has 4 nitrogen and oxygen atoms in total. The van der Waals surface area contributed by atoms with Gasteiger partial charge in [-0.15, -0.1) is 0 Å². The molecule has 3 rings (SSSR count). The molecule has 1 N–H and O–H groups in total. The van der Waals surface area contributed by atoms with Gasteiger partial charge in [-0.3, -0.25) is 4.79 Å². The number of carbonyl (C=O) groups excluding carboxylic acids is 1. The third-order valence-electron chi connectivity index (χ3n) is 3.21. The summed E-state index contributed by atoms with van der Waals surface area (Å²) in [5.74, 6) is -0.673. The van der Waals surface area contributed by atoms with Crippen LogP contribution >= 0.6 is 0 Å². The molecule has 0 unspecified atom stereocenters. The highest BCUT2D eigenvalue weighted by Crippen LogP contribution is 2.29. The number of ether oxygens (including phenoxy) is 1. The Kier molecular flexibility index (Phi) is 3.10. The lowest BCUT2D eigenvalue weighted by molar-refractivity contribution is 0.103. The Morgan fingerprint density at radius 3 is 2.76 bits per heavy atom. The maximum Gasteiger partial charge on any atom is 0.200 e. The van der Waals surface area contributed by atoms with Crippen LogP contribution in [-0.4, -0.2) is 18.0 Å². The summed E-state index contributed by atoms with van der Waals surface area (Å²) in [7, 11) is 1.37. The van der Waals surface area contributed by atoms with Crippen molar-refractivity contribution in [3.05, 3.63) is 59.6 Å². The fraction of sp³-hybridized carbons (Fsp3) is 0.0625. The van der Waals surface area contributed by atoms with E-state index >= 15 is 0 Å². The third kappa shape index (κ3) is 2.23. The molecule has 0 saturated heterocycles. The highest BCUT2D eigenvalue weighted by molar-refractivity contribution is 6.17. The highest BCUT2D eigenvalue weighted by atomic mass is 19.1. The van der Waals surface area contributed by atoms with Gasteiger partial charge in [-0.25, -0.2) is 4.39 Å². The standard InChI is InChI=1S/C16H11FO4/c1-20-15-6-9(17)2-4-11(15)16(19)13-8-21-14-5-3-10(18)7-12(13)14/h2-8,18H,1H3. The lowest BCUT2D eigenvalue weighted by Gasteiger charge is -2.06. The molecule has 0 bridgehead atoms. The summed E-state index contributed by atoms with van der Waals surface area (Å²) in [6.07, 6.45) is 1.31. The van der Waals surface area contributed by atoms with Crippen LogP contribution in [0.25, 0.3) is 11.0 Å². The van der Waals surface area contributed by atoms with Gasteiger partial charge in [0.1, 0.15) is 29.2 Å². The number of aromatic hydroxyl groups is 1. The van der Waals surface area contributed by atoms with Crippen LogP contribution in [0.15, 0.2) is 47.1 Å². The Morgan fingerprint density at radius 2 is 2.00 bits per heavy atom. The number of ketones is 1. The summed E-state index contributed by atoms with van der Waals surface area (Å²) in [6.45, 7) is 0. The van der Waals surface area contributed by atoms with Crippen LogP contribution < -0.4 is 4.74 Å². The minimum absolute atomic E-state index is 0.0315. The van der Waals surface area contributed by atoms with E-state index in [1.165, 1.54) is 37.6 Å². The van der Waals surface area contributed by atoms with Crippen molar-refractivity contribution in [2.45, 2.75) is 0 Å². The normalized spacial score (nSPS) is 10.8. The Balaban J connectivity index is 2.15. The minimum atomic E-state index is -0.488. The first-order valence-electron chi connectivity index (χ1n) is 6.18. The third-order valence-corrected chi connectivity index (χ3v) is 3.21. The van der Waals surface area contributed by atoms with Crippen molar-refractivity contribution in [2.75, 3.05) is 7.11 Å². The fourth-order valence-corrected chi connectivity index (χ4v) is 2.19. The first kappa shape index (κ1) is 13.2. The van der Waals surface area contributed by atoms with E-state index in [-0.39, 0.29) is 28.4 Å². The van der Waals surface area contributed by atoms with E-state index < -0.39 is 5.82 Å². The Hall–Kier alpha value is -2.82. The van der Waals surface area contributed by atoms with Crippen molar-refractivity contribution in [1.29, 1.82) is 0 Å². The van der Waals surface area contributed by atoms with Crippen molar-refractivity contribution >= 4 is 16.8 Å². The van der Waals surface area contributed by atoms with Crippen LogP contribution in [0.5, 0.6) is 11.5 Å². The van der Waals surface area contributed by atoms with Gasteiger partial charge in [0.05, 0.1) is 18.2 Å². The molecule has 0 radical (unpaired) electrons. The summed E-state index contributed by atoms with van der Waals surface area (Å²) in [4.78, 5) is 12.6. The largest absolute Gasteiger partial charge is 0.508 e. The first-order valence-corrected chi connectivity index (χ1v) is 6.18. The zero-order valence-electron chi connectivity index (χ0n) is 11.1. The summed E-state index contributed by atoms with van der Waals surface area (Å²) in [5, 5.41) is 10.0. The van der Waals surface area contributed by atoms with Crippen LogP contribution in [0.2, 0.25) is 0 Å². The summed E-state index contributed by atoms with van der Waals surface area (Å²) >= 11 is 0. The van der Waals surface area contributed by atoms with Crippen molar-refractivity contribution in [2.24, 2.45) is 0 Å². The first-order chi connectivity index (χ1) is 10.1. The molecule has 0 fully saturated rings. The van der Waals surface area contributed by atoms with E-state index in [0.29, 0.717) is 11.0 Å². The quantitative estimate of drug-likeness (QED) is 0.748. The van der Waals surface area contributed by atoms with E-state index in [1.54, 1.807) is 6.07 Å². The van der Waals surface area contributed by atoms with Gasteiger partial charge in [0.25, 0.3) is 0 Å². The molecule has 0 amide bonds. The molecule has 5 heteroatoms. The zero-order valence-corrected chi connectivity index (χ0v) is 11.1. The summed E-state index contributed by atoms with van der Waals surface area (Å²) in [5.41, 5.74) is 0.993. The number of hydrogen-bond acceptors (Lipinski definition) is 4. The lowest BCUT2D eigenvalue weighted by atomic mass is 10.0. The van der Waals surface area contributed by atoms with E-state index in [0.717, 1.165) is 6.07 Å². The number of fused-ring (bicyclic) bond motifs is 1. The van der Waals surface area contributed by atoms with Crippen molar-refractivity contribution < 1.29 is 23.4 Å². The predicted octanol–water partition coefficient (Wildman–Crippen LogP) is 3.52. The number of methoxy groups -OCH3 is 1. The van der Waals surface area contributed by atoms with Gasteiger partial charge in [0.2, 0.25) is 5.78 Å². The average Bonchev–Trinajstić information content (AvgIpc) is 2.89. The van der Waals surface area contributed by atoms with Gasteiger partial charge in [-0.2, -0.15) is 0 Å². The second-order valence-corrected chi connectivity index (χ2v) is 4.50. The predicted molar refractivity (Wildman–Crippen MR) is 74.3 cm³/mol. The van der Waals surface area contributed by atoms with Crippen molar-refractivity contribution in [3.63, 3.8) is 0 Å². The number of rotatable bonds is 3. The van der Waals surface area contributed by atoms with Crippen LogP contribution in [0, 0.1) is 5.82 Å². The number of furan rings is 1. The molecule has 0 aliphatic rings. The maximum absolute atomic E-state index is 13.2. The van der Waals surface area contributed by atoms with Gasteiger partial charge in [0.15, 0.2) is 0 Å². The van der Waals surface area contributed by atoms with E-state index in [2.05, 4.69) is 0 Å². The van der Waals surface area contributed by atoms with Crippen LogP contribution in [-0.2, 0) is 0 Å². The SMILES string of the molecule is COc1cc(F)ccc1C(=O)c1coc2ccc(O)cc12. The van der Waals surface area contributed by atoms with Gasteiger partial charge in [0, 0.05) is 11.5 Å². The van der Waals surface area contributed by atoms with Crippen molar-refractivity contribution in [3.8, 4) is 11.5 Å². The van der Waals surface area contributed by atoms with Crippen LogP contribution in [0.4, 0.5) is 4.39 Å². The molecule has 0 aliphatic heterocycles. The van der Waals surface area contributed by atoms with Gasteiger partial charge in [-0.1, -0.05) is 0 Å². The van der Waals surface area contributed by atoms with E-state index in [4.69, 9.17) is 9.15 Å². The summed E-state index contributed by atoms with van der Waals surface area (Å²) in [6, 6.07) is 8.19. The minimum Gasteiger partial charge on any atom is -0.508 e.